The van der Waals surface area contributed by atoms with Crippen molar-refractivity contribution in [3.8, 4) is 12.1 Å². The first kappa shape index (κ1) is 17.7. The summed E-state index contributed by atoms with van der Waals surface area (Å²) in [5.74, 6) is -0.202. The van der Waals surface area contributed by atoms with Gasteiger partial charge in [-0.2, -0.15) is 10.5 Å². The van der Waals surface area contributed by atoms with Crippen molar-refractivity contribution in [1.29, 1.82) is 10.5 Å². The highest BCUT2D eigenvalue weighted by atomic mass is 16.1. The highest BCUT2D eigenvalue weighted by Crippen LogP contribution is 2.26. The van der Waals surface area contributed by atoms with Crippen LogP contribution in [0.25, 0.3) is 6.08 Å². The summed E-state index contributed by atoms with van der Waals surface area (Å²) in [7, 11) is 0. The van der Waals surface area contributed by atoms with Gasteiger partial charge in [-0.1, -0.05) is 66.7 Å². The molecule has 1 heterocycles. The van der Waals surface area contributed by atoms with Crippen LogP contribution in [0.5, 0.6) is 0 Å². The third-order valence-electron chi connectivity index (χ3n) is 3.97. The van der Waals surface area contributed by atoms with Crippen molar-refractivity contribution in [2.24, 2.45) is 0 Å². The van der Waals surface area contributed by atoms with Gasteiger partial charge in [0.25, 0.3) is 0 Å². The molecule has 0 aromatic heterocycles. The van der Waals surface area contributed by atoms with E-state index in [9.17, 15) is 15.3 Å². The molecule has 0 fully saturated rings. The molecule has 4 heteroatoms. The molecule has 0 N–H and O–H groups in total. The number of nitriles is 2. The van der Waals surface area contributed by atoms with Crippen LogP contribution in [-0.2, 0) is 0 Å². The van der Waals surface area contributed by atoms with Gasteiger partial charge in [0.15, 0.2) is 5.57 Å². The van der Waals surface area contributed by atoms with Gasteiger partial charge >= 0.3 is 0 Å². The van der Waals surface area contributed by atoms with E-state index in [2.05, 4.69) is 0 Å². The van der Waals surface area contributed by atoms with E-state index in [0.717, 1.165) is 5.56 Å². The fraction of sp³-hybridized carbons (Fsp3) is 0. The fourth-order valence-corrected chi connectivity index (χ4v) is 2.69. The molecule has 0 radical (unpaired) electrons. The molecule has 0 saturated carbocycles. The molecule has 0 bridgehead atoms. The van der Waals surface area contributed by atoms with Gasteiger partial charge in [0, 0.05) is 11.8 Å². The number of Topliss-reactive ketones (excluding diaryl/α,β-unsaturated/α-hetero) is 1. The Morgan fingerprint density at radius 3 is 2.15 bits per heavy atom. The average Bonchev–Trinajstić information content (AvgIpc) is 2.74. The van der Waals surface area contributed by atoms with Gasteiger partial charge in [-0.05, 0) is 23.8 Å². The lowest BCUT2D eigenvalue weighted by molar-refractivity contribution is 0.101. The summed E-state index contributed by atoms with van der Waals surface area (Å²) < 4.78 is 0. The first-order valence-corrected chi connectivity index (χ1v) is 8.29. The topological polar surface area (TPSA) is 67.9 Å². The molecule has 128 valence electrons. The van der Waals surface area contributed by atoms with Gasteiger partial charge in [0.05, 0.1) is 11.4 Å². The second-order valence-electron chi connectivity index (χ2n) is 5.69. The number of hydrogen-bond donors (Lipinski definition) is 0. The maximum atomic E-state index is 13.2. The predicted molar refractivity (Wildman–Crippen MR) is 104 cm³/mol. The third-order valence-corrected chi connectivity index (χ3v) is 3.97. The normalized spacial score (nSPS) is 13.0. The quantitative estimate of drug-likeness (QED) is 0.460. The predicted octanol–water partition coefficient (Wildman–Crippen LogP) is 4.60. The van der Waals surface area contributed by atoms with E-state index in [1.807, 2.05) is 48.5 Å². The first-order chi connectivity index (χ1) is 13.2. The Kier molecular flexibility index (Phi) is 5.42. The minimum atomic E-state index is -0.202. The lowest BCUT2D eigenvalue weighted by Crippen LogP contribution is -2.24. The van der Waals surface area contributed by atoms with Crippen molar-refractivity contribution < 1.29 is 4.79 Å². The van der Waals surface area contributed by atoms with Gasteiger partial charge in [-0.15, -0.1) is 0 Å². The van der Waals surface area contributed by atoms with Gasteiger partial charge in [-0.3, -0.25) is 4.79 Å². The third kappa shape index (κ3) is 3.92. The lowest BCUT2D eigenvalue weighted by atomic mass is 10.0. The molecule has 1 aliphatic rings. The lowest BCUT2D eigenvalue weighted by Gasteiger charge is -2.26. The second-order valence-corrected chi connectivity index (χ2v) is 5.69. The minimum absolute atomic E-state index is 0.0598. The summed E-state index contributed by atoms with van der Waals surface area (Å²) in [5.41, 5.74) is 2.03. The van der Waals surface area contributed by atoms with E-state index in [1.54, 1.807) is 59.7 Å². The van der Waals surface area contributed by atoms with Crippen LogP contribution in [0.2, 0.25) is 0 Å². The summed E-state index contributed by atoms with van der Waals surface area (Å²) in [6, 6.07) is 22.2. The Morgan fingerprint density at radius 2 is 1.52 bits per heavy atom. The SMILES string of the molecule is N#CC(C#N)=C1C=CC=CN1C(=Cc1ccccc1)C(=O)c1ccccc1. The molecular formula is C23H15N3O. The van der Waals surface area contributed by atoms with Crippen LogP contribution in [0.15, 0.2) is 102 Å². The van der Waals surface area contributed by atoms with Crippen LogP contribution < -0.4 is 0 Å². The molecule has 2 aromatic carbocycles. The highest BCUT2D eigenvalue weighted by Gasteiger charge is 2.23. The number of carbonyl (C=O) groups excluding carboxylic acids is 1. The molecule has 27 heavy (non-hydrogen) atoms. The number of rotatable bonds is 4. The fourth-order valence-electron chi connectivity index (χ4n) is 2.69. The Hall–Kier alpha value is -4.15. The van der Waals surface area contributed by atoms with Crippen molar-refractivity contribution in [3.05, 3.63) is 113 Å². The van der Waals surface area contributed by atoms with E-state index in [1.165, 1.54) is 0 Å². The molecule has 0 amide bonds. The van der Waals surface area contributed by atoms with Crippen LogP contribution in [-0.4, -0.2) is 10.7 Å². The molecule has 2 aromatic rings. The smallest absolute Gasteiger partial charge is 0.209 e. The zero-order valence-electron chi connectivity index (χ0n) is 14.4. The highest BCUT2D eigenvalue weighted by molar-refractivity contribution is 6.11. The minimum Gasteiger partial charge on any atom is -0.312 e. The molecule has 0 spiro atoms. The van der Waals surface area contributed by atoms with E-state index in [-0.39, 0.29) is 11.4 Å². The van der Waals surface area contributed by atoms with Crippen LogP contribution >= 0.6 is 0 Å². The van der Waals surface area contributed by atoms with Crippen LogP contribution in [0.3, 0.4) is 0 Å². The monoisotopic (exact) mass is 349 g/mol. The van der Waals surface area contributed by atoms with Gasteiger partial charge in [-0.25, -0.2) is 0 Å². The number of nitrogens with zero attached hydrogens (tertiary/aromatic N) is 3. The maximum Gasteiger partial charge on any atom is 0.209 e. The summed E-state index contributed by atoms with van der Waals surface area (Å²) >= 11 is 0. The van der Waals surface area contributed by atoms with Gasteiger partial charge in [0.1, 0.15) is 12.1 Å². The Bertz CT molecular complexity index is 1030. The molecular weight excluding hydrogens is 334 g/mol. The van der Waals surface area contributed by atoms with E-state index in [4.69, 9.17) is 0 Å². The van der Waals surface area contributed by atoms with Crippen molar-refractivity contribution in [3.63, 3.8) is 0 Å². The maximum absolute atomic E-state index is 13.2. The van der Waals surface area contributed by atoms with Crippen molar-refractivity contribution >= 4 is 11.9 Å². The van der Waals surface area contributed by atoms with Gasteiger partial charge in [0.2, 0.25) is 5.78 Å². The van der Waals surface area contributed by atoms with E-state index < -0.39 is 0 Å². The van der Waals surface area contributed by atoms with Crippen molar-refractivity contribution in [2.45, 2.75) is 0 Å². The largest absolute Gasteiger partial charge is 0.312 e. The Balaban J connectivity index is 2.17. The molecule has 1 aliphatic heterocycles. The molecule has 4 nitrogen and oxygen atoms in total. The Labute approximate surface area is 157 Å². The van der Waals surface area contributed by atoms with E-state index >= 15 is 0 Å². The molecule has 0 unspecified atom stereocenters. The molecule has 0 saturated heterocycles. The number of benzene rings is 2. The average molecular weight is 349 g/mol. The summed E-state index contributed by atoms with van der Waals surface area (Å²) in [6.45, 7) is 0. The van der Waals surface area contributed by atoms with Crippen LogP contribution in [0, 0.1) is 22.7 Å². The first-order valence-electron chi connectivity index (χ1n) is 8.29. The van der Waals surface area contributed by atoms with E-state index in [0.29, 0.717) is 17.0 Å². The molecule has 0 aliphatic carbocycles. The number of hydrogen-bond acceptors (Lipinski definition) is 4. The van der Waals surface area contributed by atoms with Gasteiger partial charge < -0.3 is 4.90 Å². The number of allylic oxidation sites excluding steroid dienone is 5. The van der Waals surface area contributed by atoms with Crippen LogP contribution in [0.1, 0.15) is 15.9 Å². The number of ketones is 1. The Morgan fingerprint density at radius 1 is 0.889 bits per heavy atom. The second kappa shape index (κ2) is 8.29. The zero-order chi connectivity index (χ0) is 19.1. The van der Waals surface area contributed by atoms with Crippen molar-refractivity contribution in [2.75, 3.05) is 0 Å². The summed E-state index contributed by atoms with van der Waals surface area (Å²) in [4.78, 5) is 14.8. The summed E-state index contributed by atoms with van der Waals surface area (Å²) in [6.07, 6.45) is 8.57. The molecule has 3 rings (SSSR count). The standard InChI is InChI=1S/C23H15N3O/c24-16-20(17-25)21-13-7-8-14-26(21)22(15-18-9-3-1-4-10-18)23(27)19-11-5-2-6-12-19/h1-15H. The van der Waals surface area contributed by atoms with Crippen molar-refractivity contribution in [1.82, 2.24) is 4.90 Å². The van der Waals surface area contributed by atoms with Crippen LogP contribution in [0.4, 0.5) is 0 Å². The zero-order valence-corrected chi connectivity index (χ0v) is 14.4. The number of carbonyl (C=O) groups is 1. The summed E-state index contributed by atoms with van der Waals surface area (Å²) in [5, 5.41) is 18.6. The molecule has 0 atom stereocenters.